The zero-order chi connectivity index (χ0) is 26.8. The zero-order valence-electron chi connectivity index (χ0n) is 21.3. The minimum Gasteiger partial charge on any atom is -0.493 e. The van der Waals surface area contributed by atoms with Crippen LogP contribution in [0.3, 0.4) is 0 Å². The van der Waals surface area contributed by atoms with E-state index in [1.807, 2.05) is 17.4 Å². The van der Waals surface area contributed by atoms with Crippen molar-refractivity contribution in [1.29, 1.82) is 5.41 Å². The quantitative estimate of drug-likeness (QED) is 0.231. The lowest BCUT2D eigenvalue weighted by molar-refractivity contribution is -0.108. The lowest BCUT2D eigenvalue weighted by atomic mass is 10.1. The Labute approximate surface area is 221 Å². The number of carbonyl (C=O) groups is 1. The number of hydrogen-bond donors (Lipinski definition) is 3. The minimum atomic E-state index is -0.329. The van der Waals surface area contributed by atoms with Crippen molar-refractivity contribution in [3.8, 4) is 17.2 Å². The van der Waals surface area contributed by atoms with Gasteiger partial charge in [-0.25, -0.2) is 0 Å². The maximum Gasteiger partial charge on any atom is 0.213 e. The third-order valence-corrected chi connectivity index (χ3v) is 6.35. The Morgan fingerprint density at radius 2 is 1.70 bits per heavy atom. The Kier molecular flexibility index (Phi) is 10.3. The molecule has 2 aromatic carbocycles. The number of benzene rings is 2. The molecule has 2 heterocycles. The number of methoxy groups -OCH3 is 3. The summed E-state index contributed by atoms with van der Waals surface area (Å²) in [6, 6.07) is 12.2. The fraction of sp³-hybridized carbons (Fsp3) is 0.346. The first-order chi connectivity index (χ1) is 17.9. The summed E-state index contributed by atoms with van der Waals surface area (Å²) in [6.07, 6.45) is 2.10. The van der Waals surface area contributed by atoms with Gasteiger partial charge in [-0.15, -0.1) is 0 Å². The van der Waals surface area contributed by atoms with Gasteiger partial charge in [0.05, 0.1) is 31.9 Å². The fourth-order valence-electron chi connectivity index (χ4n) is 4.21. The highest BCUT2D eigenvalue weighted by atomic mass is 35.5. The molecule has 10 nitrogen and oxygen atoms in total. The van der Waals surface area contributed by atoms with Crippen LogP contribution in [-0.2, 0) is 17.9 Å². The molecule has 1 aliphatic rings. The maximum absolute atomic E-state index is 9.28. The lowest BCUT2D eigenvalue weighted by Gasteiger charge is -2.35. The van der Waals surface area contributed by atoms with E-state index in [1.54, 1.807) is 27.5 Å². The first-order valence-electron chi connectivity index (χ1n) is 11.7. The van der Waals surface area contributed by atoms with Crippen LogP contribution in [0, 0.1) is 5.41 Å². The third kappa shape index (κ3) is 7.45. The Morgan fingerprint density at radius 3 is 2.27 bits per heavy atom. The van der Waals surface area contributed by atoms with Gasteiger partial charge in [0.25, 0.3) is 0 Å². The molecule has 0 spiro atoms. The molecule has 0 atom stereocenters. The molecule has 0 radical (unpaired) electrons. The van der Waals surface area contributed by atoms with Gasteiger partial charge in [0.15, 0.2) is 17.5 Å². The van der Waals surface area contributed by atoms with Crippen molar-refractivity contribution >= 4 is 34.9 Å². The zero-order valence-corrected chi connectivity index (χ0v) is 22.0. The second-order valence-electron chi connectivity index (χ2n) is 8.37. The van der Waals surface area contributed by atoms with E-state index in [0.717, 1.165) is 66.5 Å². The number of nitrogens with one attached hydrogen (secondary N) is 2. The Morgan fingerprint density at radius 1 is 1.03 bits per heavy atom. The van der Waals surface area contributed by atoms with E-state index >= 15 is 0 Å². The largest absolute Gasteiger partial charge is 0.493 e. The van der Waals surface area contributed by atoms with Crippen LogP contribution in [0.5, 0.6) is 17.2 Å². The summed E-state index contributed by atoms with van der Waals surface area (Å²) < 4.78 is 16.5. The summed E-state index contributed by atoms with van der Waals surface area (Å²) in [7, 11) is 4.94. The van der Waals surface area contributed by atoms with Gasteiger partial charge in [-0.1, -0.05) is 23.7 Å². The Hall–Kier alpha value is -3.60. The molecule has 37 heavy (non-hydrogen) atoms. The average molecular weight is 529 g/mol. The average Bonchev–Trinajstić information content (AvgIpc) is 2.90. The molecular formula is C26H33ClN6O4. The number of rotatable bonds is 8. The highest BCUT2D eigenvalue weighted by molar-refractivity contribution is 6.35. The van der Waals surface area contributed by atoms with Crippen molar-refractivity contribution in [3.05, 3.63) is 58.7 Å². The first-order valence-corrected chi connectivity index (χ1v) is 12.1. The molecule has 0 bridgehead atoms. The van der Waals surface area contributed by atoms with Gasteiger partial charge in [0, 0.05) is 56.4 Å². The van der Waals surface area contributed by atoms with Crippen molar-refractivity contribution in [2.24, 2.45) is 5.73 Å². The number of carbonyl (C=O) groups excluding carboxylic acids is 1. The number of fused-ring (bicyclic) bond motifs is 1. The van der Waals surface area contributed by atoms with Gasteiger partial charge in [-0.2, -0.15) is 0 Å². The number of nitrogens with zero attached hydrogens (tertiary/aromatic N) is 3. The molecular weight excluding hydrogens is 496 g/mol. The molecule has 4 N–H and O–H groups in total. The standard InChI is InChI=1S/C24H28ClN3O3.C2H5N3O/c1-29-22-7-5-18(23(30-2)24(22)31-3)16-28-12-10-27(11-13-28)15-17-4-6-21-19(14-17)20(25)8-9-26-21;3-2(4)5-1-6/h4-9,14H,10-13,15-16H2,1-3H3;1H,(H4,3,4,5,6). The number of pyridine rings is 1. The highest BCUT2D eigenvalue weighted by Crippen LogP contribution is 2.40. The van der Waals surface area contributed by atoms with Crippen LogP contribution < -0.4 is 25.3 Å². The molecule has 1 fully saturated rings. The lowest BCUT2D eigenvalue weighted by Crippen LogP contribution is -2.45. The van der Waals surface area contributed by atoms with E-state index in [9.17, 15) is 4.79 Å². The summed E-state index contributed by atoms with van der Waals surface area (Å²) >= 11 is 6.35. The molecule has 1 aromatic heterocycles. The minimum absolute atomic E-state index is 0.329. The van der Waals surface area contributed by atoms with Crippen molar-refractivity contribution in [2.75, 3.05) is 47.5 Å². The molecule has 0 unspecified atom stereocenters. The second-order valence-corrected chi connectivity index (χ2v) is 8.77. The van der Waals surface area contributed by atoms with Crippen molar-refractivity contribution < 1.29 is 19.0 Å². The van der Waals surface area contributed by atoms with Crippen LogP contribution in [0.4, 0.5) is 0 Å². The number of ether oxygens (including phenoxy) is 3. The van der Waals surface area contributed by atoms with Crippen LogP contribution >= 0.6 is 11.6 Å². The van der Waals surface area contributed by atoms with Crippen molar-refractivity contribution in [3.63, 3.8) is 0 Å². The van der Waals surface area contributed by atoms with Crippen LogP contribution in [0.15, 0.2) is 42.6 Å². The predicted octanol–water partition coefficient (Wildman–Crippen LogP) is 2.86. The fourth-order valence-corrected chi connectivity index (χ4v) is 4.42. The number of hydrogen-bond acceptors (Lipinski definition) is 8. The normalized spacial score (nSPS) is 13.8. The third-order valence-electron chi connectivity index (χ3n) is 6.02. The molecule has 198 valence electrons. The summed E-state index contributed by atoms with van der Waals surface area (Å²) in [5.41, 5.74) is 7.94. The summed E-state index contributed by atoms with van der Waals surface area (Å²) in [5, 5.41) is 9.98. The van der Waals surface area contributed by atoms with Crippen LogP contribution in [-0.4, -0.2) is 74.7 Å². The number of piperazine rings is 1. The molecule has 0 saturated carbocycles. The predicted molar refractivity (Wildman–Crippen MR) is 145 cm³/mol. The number of nitrogens with two attached hydrogens (primary N) is 1. The van der Waals surface area contributed by atoms with Gasteiger partial charge in [-0.3, -0.25) is 30.3 Å². The van der Waals surface area contributed by atoms with E-state index in [0.29, 0.717) is 17.9 Å². The molecule has 1 saturated heterocycles. The van der Waals surface area contributed by atoms with Gasteiger partial charge in [0.1, 0.15) is 0 Å². The smallest absolute Gasteiger partial charge is 0.213 e. The topological polar surface area (TPSA) is 126 Å². The van der Waals surface area contributed by atoms with Crippen molar-refractivity contribution in [1.82, 2.24) is 20.1 Å². The second kappa shape index (κ2) is 13.6. The van der Waals surface area contributed by atoms with E-state index in [-0.39, 0.29) is 5.96 Å². The first kappa shape index (κ1) is 28.0. The van der Waals surface area contributed by atoms with E-state index < -0.39 is 0 Å². The number of aromatic nitrogens is 1. The van der Waals surface area contributed by atoms with E-state index in [4.69, 9.17) is 31.2 Å². The van der Waals surface area contributed by atoms with E-state index in [2.05, 4.69) is 44.8 Å². The van der Waals surface area contributed by atoms with Gasteiger partial charge >= 0.3 is 0 Å². The summed E-state index contributed by atoms with van der Waals surface area (Å²) in [6.45, 7) is 5.73. The van der Waals surface area contributed by atoms with Crippen molar-refractivity contribution in [2.45, 2.75) is 13.1 Å². The summed E-state index contributed by atoms with van der Waals surface area (Å²) in [4.78, 5) is 18.6. The van der Waals surface area contributed by atoms with E-state index in [1.165, 1.54) is 5.56 Å². The molecule has 11 heteroatoms. The van der Waals surface area contributed by atoms with Gasteiger partial charge in [0.2, 0.25) is 12.2 Å². The van der Waals surface area contributed by atoms with Crippen LogP contribution in [0.2, 0.25) is 5.02 Å². The Bertz CT molecular complexity index is 1220. The maximum atomic E-state index is 9.28. The van der Waals surface area contributed by atoms with Gasteiger partial charge < -0.3 is 19.9 Å². The van der Waals surface area contributed by atoms with Gasteiger partial charge in [-0.05, 0) is 29.8 Å². The molecule has 1 amide bonds. The molecule has 1 aliphatic heterocycles. The number of halogens is 1. The highest BCUT2D eigenvalue weighted by Gasteiger charge is 2.21. The number of amides is 1. The van der Waals surface area contributed by atoms with Crippen LogP contribution in [0.25, 0.3) is 10.9 Å². The summed E-state index contributed by atoms with van der Waals surface area (Å²) in [5.74, 6) is 1.74. The SMILES string of the molecule is COc1ccc(CN2CCN(Cc3ccc4nccc(Cl)c4c3)CC2)c(OC)c1OC.N=C(N)NC=O. The molecule has 3 aromatic rings. The van der Waals surface area contributed by atoms with Crippen LogP contribution in [0.1, 0.15) is 11.1 Å². The monoisotopic (exact) mass is 528 g/mol. The molecule has 0 aliphatic carbocycles. The Balaban J connectivity index is 0.000000568. The number of guanidine groups is 1. The molecule has 4 rings (SSSR count).